The van der Waals surface area contributed by atoms with Crippen LogP contribution in [0.1, 0.15) is 36.8 Å². The number of hydrogen-bond acceptors (Lipinski definition) is 6. The number of amides is 1. The van der Waals surface area contributed by atoms with Crippen LogP contribution in [0.2, 0.25) is 0 Å². The van der Waals surface area contributed by atoms with Crippen LogP contribution in [-0.4, -0.2) is 53.7 Å². The van der Waals surface area contributed by atoms with Gasteiger partial charge in [-0.25, -0.2) is 4.98 Å². The standard InChI is InChI=1S/C26H30N6O/c1-28-24-19(16-27)6-4-7-20(24)18-32-13-5-10-26(25(32)33)11-14-31(15-12-26)23-17-29-21-8-2-3-9-22(21)30-23/h2-4,6-9,16-17,27-28H,5,10-15,18H2,1H3. The zero-order valence-corrected chi connectivity index (χ0v) is 19.1. The quantitative estimate of drug-likeness (QED) is 0.582. The molecule has 1 aromatic heterocycles. The molecule has 0 aliphatic carbocycles. The molecule has 3 heterocycles. The predicted molar refractivity (Wildman–Crippen MR) is 132 cm³/mol. The highest BCUT2D eigenvalue weighted by Crippen LogP contribution is 2.42. The van der Waals surface area contributed by atoms with Gasteiger partial charge in [-0.1, -0.05) is 30.3 Å². The van der Waals surface area contributed by atoms with Gasteiger partial charge in [-0.05, 0) is 43.4 Å². The Morgan fingerprint density at radius 1 is 1.06 bits per heavy atom. The zero-order chi connectivity index (χ0) is 22.8. The largest absolute Gasteiger partial charge is 0.387 e. The number of likely N-dealkylation sites (tertiary alicyclic amines) is 1. The molecule has 0 radical (unpaired) electrons. The van der Waals surface area contributed by atoms with Gasteiger partial charge in [-0.2, -0.15) is 0 Å². The maximum Gasteiger partial charge on any atom is 0.229 e. The van der Waals surface area contributed by atoms with Crippen molar-refractivity contribution < 1.29 is 4.79 Å². The van der Waals surface area contributed by atoms with Gasteiger partial charge in [0.2, 0.25) is 5.91 Å². The number of nitrogens with one attached hydrogen (secondary N) is 2. The van der Waals surface area contributed by atoms with E-state index in [1.807, 2.05) is 60.6 Å². The Morgan fingerprint density at radius 3 is 2.61 bits per heavy atom. The predicted octanol–water partition coefficient (Wildman–Crippen LogP) is 4.08. The molecule has 33 heavy (non-hydrogen) atoms. The molecule has 0 bridgehead atoms. The van der Waals surface area contributed by atoms with Crippen LogP contribution < -0.4 is 10.2 Å². The molecular formula is C26H30N6O. The summed E-state index contributed by atoms with van der Waals surface area (Å²) in [6, 6.07) is 13.9. The molecule has 2 fully saturated rings. The minimum Gasteiger partial charge on any atom is -0.387 e. The summed E-state index contributed by atoms with van der Waals surface area (Å²) in [6.45, 7) is 3.01. The summed E-state index contributed by atoms with van der Waals surface area (Å²) in [5.74, 6) is 1.17. The highest BCUT2D eigenvalue weighted by molar-refractivity contribution is 5.88. The fourth-order valence-corrected chi connectivity index (χ4v) is 5.41. The van der Waals surface area contributed by atoms with E-state index in [0.717, 1.165) is 79.0 Å². The topological polar surface area (TPSA) is 85.2 Å². The van der Waals surface area contributed by atoms with Crippen LogP contribution in [0, 0.1) is 10.8 Å². The van der Waals surface area contributed by atoms with E-state index in [2.05, 4.69) is 15.2 Å². The van der Waals surface area contributed by atoms with Crippen LogP contribution in [0.4, 0.5) is 11.5 Å². The van der Waals surface area contributed by atoms with Gasteiger partial charge >= 0.3 is 0 Å². The Morgan fingerprint density at radius 2 is 1.85 bits per heavy atom. The van der Waals surface area contributed by atoms with Crippen molar-refractivity contribution in [2.45, 2.75) is 32.2 Å². The maximum absolute atomic E-state index is 13.7. The number of nitrogens with zero attached hydrogens (tertiary/aromatic N) is 4. The third-order valence-electron chi connectivity index (χ3n) is 7.25. The molecule has 0 atom stereocenters. The molecule has 7 heteroatoms. The Balaban J connectivity index is 1.31. The van der Waals surface area contributed by atoms with Gasteiger partial charge in [0.25, 0.3) is 0 Å². The van der Waals surface area contributed by atoms with Crippen molar-refractivity contribution in [3.63, 3.8) is 0 Å². The van der Waals surface area contributed by atoms with E-state index in [1.165, 1.54) is 6.21 Å². The van der Waals surface area contributed by atoms with Gasteiger partial charge in [-0.3, -0.25) is 9.78 Å². The van der Waals surface area contributed by atoms with E-state index in [-0.39, 0.29) is 11.3 Å². The molecule has 0 unspecified atom stereocenters. The molecule has 2 aliphatic rings. The third kappa shape index (κ3) is 3.92. The molecule has 2 aromatic carbocycles. The third-order valence-corrected chi connectivity index (χ3v) is 7.25. The molecule has 2 N–H and O–H groups in total. The fraction of sp³-hybridized carbons (Fsp3) is 0.385. The van der Waals surface area contributed by atoms with Crippen molar-refractivity contribution in [3.05, 3.63) is 59.8 Å². The zero-order valence-electron chi connectivity index (χ0n) is 19.1. The highest BCUT2D eigenvalue weighted by Gasteiger charge is 2.45. The minimum absolute atomic E-state index is 0.278. The lowest BCUT2D eigenvalue weighted by Gasteiger charge is -2.46. The molecule has 7 nitrogen and oxygen atoms in total. The molecule has 3 aromatic rings. The minimum atomic E-state index is -0.280. The summed E-state index contributed by atoms with van der Waals surface area (Å²) in [7, 11) is 1.87. The van der Waals surface area contributed by atoms with Crippen molar-refractivity contribution in [1.82, 2.24) is 14.9 Å². The highest BCUT2D eigenvalue weighted by atomic mass is 16.2. The second-order valence-corrected chi connectivity index (χ2v) is 9.09. The molecule has 1 spiro atoms. The lowest BCUT2D eigenvalue weighted by Crippen LogP contribution is -2.53. The Labute approximate surface area is 194 Å². The molecule has 1 amide bonds. The van der Waals surface area contributed by atoms with Crippen LogP contribution in [-0.2, 0) is 11.3 Å². The number of carbonyl (C=O) groups excluding carboxylic acids is 1. The van der Waals surface area contributed by atoms with Gasteiger partial charge < -0.3 is 20.5 Å². The number of carbonyl (C=O) groups is 1. The summed E-state index contributed by atoms with van der Waals surface area (Å²) in [5, 5.41) is 10.9. The second kappa shape index (κ2) is 8.81. The van der Waals surface area contributed by atoms with E-state index in [0.29, 0.717) is 6.54 Å². The fourth-order valence-electron chi connectivity index (χ4n) is 5.41. The van der Waals surface area contributed by atoms with Crippen molar-refractivity contribution in [3.8, 4) is 0 Å². The van der Waals surface area contributed by atoms with Crippen LogP contribution in [0.15, 0.2) is 48.7 Å². The Kier molecular flexibility index (Phi) is 5.70. The van der Waals surface area contributed by atoms with E-state index >= 15 is 0 Å². The Bertz CT molecular complexity index is 1180. The van der Waals surface area contributed by atoms with Crippen LogP contribution >= 0.6 is 0 Å². The van der Waals surface area contributed by atoms with Gasteiger partial charge in [0.05, 0.1) is 22.6 Å². The smallest absolute Gasteiger partial charge is 0.229 e. The number of aromatic nitrogens is 2. The summed E-state index contributed by atoms with van der Waals surface area (Å²) in [5.41, 5.74) is 4.37. The summed E-state index contributed by atoms with van der Waals surface area (Å²) in [6.07, 6.45) is 6.89. The van der Waals surface area contributed by atoms with Gasteiger partial charge in [-0.15, -0.1) is 0 Å². The number of hydrogen-bond donors (Lipinski definition) is 2. The van der Waals surface area contributed by atoms with Crippen molar-refractivity contribution in [1.29, 1.82) is 5.41 Å². The van der Waals surface area contributed by atoms with E-state index in [1.54, 1.807) is 0 Å². The Hall–Kier alpha value is -3.48. The van der Waals surface area contributed by atoms with Crippen LogP contribution in [0.5, 0.6) is 0 Å². The second-order valence-electron chi connectivity index (χ2n) is 9.09. The lowest BCUT2D eigenvalue weighted by molar-refractivity contribution is -0.148. The average molecular weight is 443 g/mol. The first-order valence-corrected chi connectivity index (χ1v) is 11.7. The summed E-state index contributed by atoms with van der Waals surface area (Å²) >= 11 is 0. The van der Waals surface area contributed by atoms with Crippen LogP contribution in [0.25, 0.3) is 11.0 Å². The number of anilines is 2. The maximum atomic E-state index is 13.7. The monoisotopic (exact) mass is 442 g/mol. The molecule has 2 aliphatic heterocycles. The first kappa shape index (κ1) is 21.4. The number of fused-ring (bicyclic) bond motifs is 1. The SMILES string of the molecule is CNc1c(C=N)cccc1CN1CCCC2(CCN(c3cnc4ccccc4n3)CC2)C1=O. The first-order chi connectivity index (χ1) is 16.1. The molecule has 170 valence electrons. The van der Waals surface area contributed by atoms with Gasteiger partial charge in [0.1, 0.15) is 5.82 Å². The number of rotatable bonds is 5. The lowest BCUT2D eigenvalue weighted by atomic mass is 9.71. The molecule has 2 saturated heterocycles. The number of piperidine rings is 2. The summed E-state index contributed by atoms with van der Waals surface area (Å²) in [4.78, 5) is 27.4. The first-order valence-electron chi connectivity index (χ1n) is 11.7. The van der Waals surface area contributed by atoms with Crippen molar-refractivity contribution in [2.24, 2.45) is 5.41 Å². The number of benzene rings is 2. The van der Waals surface area contributed by atoms with E-state index in [9.17, 15) is 4.79 Å². The van der Waals surface area contributed by atoms with Gasteiger partial charge in [0, 0.05) is 50.7 Å². The van der Waals surface area contributed by atoms with Crippen LogP contribution in [0.3, 0.4) is 0 Å². The normalized spacial score (nSPS) is 18.0. The van der Waals surface area contributed by atoms with E-state index in [4.69, 9.17) is 10.4 Å². The van der Waals surface area contributed by atoms with Crippen molar-refractivity contribution >= 4 is 34.7 Å². The molecule has 5 rings (SSSR count). The summed E-state index contributed by atoms with van der Waals surface area (Å²) < 4.78 is 0. The van der Waals surface area contributed by atoms with E-state index < -0.39 is 0 Å². The van der Waals surface area contributed by atoms with Gasteiger partial charge in [0.15, 0.2) is 0 Å². The molecule has 0 saturated carbocycles. The molecular weight excluding hydrogens is 412 g/mol. The number of para-hydroxylation sites is 3. The average Bonchev–Trinajstić information content (AvgIpc) is 2.87. The van der Waals surface area contributed by atoms with Crippen molar-refractivity contribution in [2.75, 3.05) is 36.9 Å².